The van der Waals surface area contributed by atoms with Crippen molar-refractivity contribution in [3.05, 3.63) is 24.2 Å². The van der Waals surface area contributed by atoms with E-state index < -0.39 is 0 Å². The summed E-state index contributed by atoms with van der Waals surface area (Å²) in [4.78, 5) is 0. The Labute approximate surface area is 82.7 Å². The fourth-order valence-corrected chi connectivity index (χ4v) is 1.44. The lowest BCUT2D eigenvalue weighted by Crippen LogP contribution is -2.23. The molecule has 1 rings (SSSR count). The van der Waals surface area contributed by atoms with Crippen LogP contribution in [0.4, 0.5) is 0 Å². The second kappa shape index (κ2) is 4.20. The van der Waals surface area contributed by atoms with E-state index in [1.807, 2.05) is 12.1 Å². The van der Waals surface area contributed by atoms with Crippen molar-refractivity contribution in [1.29, 1.82) is 0 Å². The summed E-state index contributed by atoms with van der Waals surface area (Å²) in [6.07, 6.45) is 2.46. The van der Waals surface area contributed by atoms with Gasteiger partial charge in [0.1, 0.15) is 5.76 Å². The van der Waals surface area contributed by atoms with Crippen molar-refractivity contribution in [2.45, 2.75) is 13.3 Å². The maximum absolute atomic E-state index is 5.80. The number of hydrogen-bond donors (Lipinski definition) is 0. The third-order valence-electron chi connectivity index (χ3n) is 1.83. The Bertz CT molecular complexity index is 214. The van der Waals surface area contributed by atoms with Crippen LogP contribution in [-0.2, 0) is 6.42 Å². The molecule has 0 aliphatic heterocycles. The van der Waals surface area contributed by atoms with Crippen LogP contribution in [0.1, 0.15) is 12.7 Å². The van der Waals surface area contributed by atoms with Crippen LogP contribution < -0.4 is 0 Å². The number of rotatable bonds is 4. The van der Waals surface area contributed by atoms with Gasteiger partial charge >= 0.3 is 0 Å². The standard InChI is InChI=1S/C9H12Cl2O/c1-9(6-10,7-11)5-8-3-2-4-12-8/h2-4H,5-7H2,1H3. The van der Waals surface area contributed by atoms with E-state index >= 15 is 0 Å². The summed E-state index contributed by atoms with van der Waals surface area (Å²) in [5.41, 5.74) is -0.0546. The van der Waals surface area contributed by atoms with Gasteiger partial charge in [-0.3, -0.25) is 0 Å². The zero-order valence-electron chi connectivity index (χ0n) is 7.02. The molecule has 0 aromatic carbocycles. The molecule has 0 N–H and O–H groups in total. The van der Waals surface area contributed by atoms with Crippen LogP contribution in [0.15, 0.2) is 22.8 Å². The molecule has 0 unspecified atom stereocenters. The predicted molar refractivity (Wildman–Crippen MR) is 52.0 cm³/mol. The Kier molecular flexibility index (Phi) is 3.48. The number of halogens is 2. The summed E-state index contributed by atoms with van der Waals surface area (Å²) in [6, 6.07) is 3.82. The average Bonchev–Trinajstić information content (AvgIpc) is 2.57. The number of alkyl halides is 2. The highest BCUT2D eigenvalue weighted by molar-refractivity contribution is 6.21. The first-order chi connectivity index (χ1) is 5.70. The predicted octanol–water partition coefficient (Wildman–Crippen LogP) is 3.31. The van der Waals surface area contributed by atoms with Gasteiger partial charge in [0.25, 0.3) is 0 Å². The molecule has 0 saturated heterocycles. The minimum Gasteiger partial charge on any atom is -0.469 e. The van der Waals surface area contributed by atoms with Crippen LogP contribution in [0.3, 0.4) is 0 Å². The van der Waals surface area contributed by atoms with E-state index in [1.165, 1.54) is 0 Å². The van der Waals surface area contributed by atoms with Gasteiger partial charge < -0.3 is 4.42 Å². The minimum atomic E-state index is -0.0546. The lowest BCUT2D eigenvalue weighted by Gasteiger charge is -2.22. The average molecular weight is 207 g/mol. The van der Waals surface area contributed by atoms with E-state index in [0.29, 0.717) is 11.8 Å². The van der Waals surface area contributed by atoms with E-state index in [9.17, 15) is 0 Å². The Morgan fingerprint density at radius 3 is 2.50 bits per heavy atom. The Morgan fingerprint density at radius 1 is 1.42 bits per heavy atom. The zero-order valence-corrected chi connectivity index (χ0v) is 8.53. The van der Waals surface area contributed by atoms with E-state index in [4.69, 9.17) is 27.6 Å². The minimum absolute atomic E-state index is 0.0546. The summed E-state index contributed by atoms with van der Waals surface area (Å²) >= 11 is 11.6. The molecule has 0 aliphatic carbocycles. The largest absolute Gasteiger partial charge is 0.469 e. The van der Waals surface area contributed by atoms with Crippen LogP contribution in [0, 0.1) is 5.41 Å². The number of furan rings is 1. The monoisotopic (exact) mass is 206 g/mol. The fourth-order valence-electron chi connectivity index (χ4n) is 0.964. The van der Waals surface area contributed by atoms with Crippen molar-refractivity contribution in [3.8, 4) is 0 Å². The Morgan fingerprint density at radius 2 is 2.08 bits per heavy atom. The van der Waals surface area contributed by atoms with E-state index in [-0.39, 0.29) is 5.41 Å². The first kappa shape index (κ1) is 9.94. The highest BCUT2D eigenvalue weighted by atomic mass is 35.5. The van der Waals surface area contributed by atoms with Gasteiger partial charge in [-0.25, -0.2) is 0 Å². The van der Waals surface area contributed by atoms with Crippen LogP contribution in [-0.4, -0.2) is 11.8 Å². The van der Waals surface area contributed by atoms with Crippen LogP contribution >= 0.6 is 23.2 Å². The van der Waals surface area contributed by atoms with Gasteiger partial charge in [-0.2, -0.15) is 0 Å². The van der Waals surface area contributed by atoms with E-state index in [1.54, 1.807) is 6.26 Å². The fraction of sp³-hybridized carbons (Fsp3) is 0.556. The Balaban J connectivity index is 2.60. The van der Waals surface area contributed by atoms with Crippen molar-refractivity contribution in [2.24, 2.45) is 5.41 Å². The van der Waals surface area contributed by atoms with E-state index in [2.05, 4.69) is 6.92 Å². The topological polar surface area (TPSA) is 13.1 Å². The Hall–Kier alpha value is -0.140. The second-order valence-corrected chi connectivity index (χ2v) is 3.87. The molecule has 1 aromatic rings. The van der Waals surface area contributed by atoms with E-state index in [0.717, 1.165) is 12.2 Å². The van der Waals surface area contributed by atoms with Gasteiger partial charge in [-0.15, -0.1) is 23.2 Å². The molecule has 0 spiro atoms. The lowest BCUT2D eigenvalue weighted by atomic mass is 9.90. The van der Waals surface area contributed by atoms with Gasteiger partial charge in [0.05, 0.1) is 6.26 Å². The SMILES string of the molecule is CC(CCl)(CCl)Cc1ccco1. The van der Waals surface area contributed by atoms with Crippen LogP contribution in [0.2, 0.25) is 0 Å². The second-order valence-electron chi connectivity index (χ2n) is 3.33. The molecule has 0 amide bonds. The highest BCUT2D eigenvalue weighted by Crippen LogP contribution is 2.25. The molecule has 0 atom stereocenters. The third-order valence-corrected chi connectivity index (χ3v) is 3.12. The smallest absolute Gasteiger partial charge is 0.104 e. The molecular weight excluding hydrogens is 195 g/mol. The number of hydrogen-bond acceptors (Lipinski definition) is 1. The maximum atomic E-state index is 5.80. The first-order valence-electron chi connectivity index (χ1n) is 3.84. The molecule has 1 heterocycles. The summed E-state index contributed by atoms with van der Waals surface area (Å²) in [7, 11) is 0. The van der Waals surface area contributed by atoms with Crippen molar-refractivity contribution in [3.63, 3.8) is 0 Å². The van der Waals surface area contributed by atoms with Crippen LogP contribution in [0.5, 0.6) is 0 Å². The van der Waals surface area contributed by atoms with Gasteiger partial charge in [-0.1, -0.05) is 6.92 Å². The van der Waals surface area contributed by atoms with Gasteiger partial charge in [0, 0.05) is 23.6 Å². The van der Waals surface area contributed by atoms with Gasteiger partial charge in [0.2, 0.25) is 0 Å². The molecule has 68 valence electrons. The van der Waals surface area contributed by atoms with Crippen LogP contribution in [0.25, 0.3) is 0 Å². The molecular formula is C9H12Cl2O. The summed E-state index contributed by atoms with van der Waals surface area (Å²) in [5.74, 6) is 2.05. The summed E-state index contributed by atoms with van der Waals surface area (Å²) in [5, 5.41) is 0. The molecule has 0 aliphatic rings. The highest BCUT2D eigenvalue weighted by Gasteiger charge is 2.23. The first-order valence-corrected chi connectivity index (χ1v) is 4.91. The molecule has 0 radical (unpaired) electrons. The summed E-state index contributed by atoms with van der Waals surface area (Å²) < 4.78 is 5.22. The normalized spacial score (nSPS) is 11.9. The molecule has 0 bridgehead atoms. The quantitative estimate of drug-likeness (QED) is 0.690. The zero-order chi connectivity index (χ0) is 9.03. The molecule has 1 aromatic heterocycles. The van der Waals surface area contributed by atoms with Gasteiger partial charge in [-0.05, 0) is 12.1 Å². The van der Waals surface area contributed by atoms with Crippen molar-refractivity contribution in [2.75, 3.05) is 11.8 Å². The maximum Gasteiger partial charge on any atom is 0.104 e. The summed E-state index contributed by atoms with van der Waals surface area (Å²) in [6.45, 7) is 2.05. The van der Waals surface area contributed by atoms with Crippen molar-refractivity contribution < 1.29 is 4.42 Å². The molecule has 3 heteroatoms. The van der Waals surface area contributed by atoms with Gasteiger partial charge in [0.15, 0.2) is 0 Å². The molecule has 1 nitrogen and oxygen atoms in total. The van der Waals surface area contributed by atoms with Crippen molar-refractivity contribution >= 4 is 23.2 Å². The van der Waals surface area contributed by atoms with Crippen molar-refractivity contribution in [1.82, 2.24) is 0 Å². The third kappa shape index (κ3) is 2.43. The molecule has 0 saturated carbocycles. The molecule has 0 fully saturated rings. The molecule has 12 heavy (non-hydrogen) atoms. The lowest BCUT2D eigenvalue weighted by molar-refractivity contribution is 0.373.